The number of nitrogens with one attached hydrogen (secondary N) is 2. The zero-order valence-corrected chi connectivity index (χ0v) is 15.9. The largest absolute Gasteiger partial charge is 0.339 e. The van der Waals surface area contributed by atoms with E-state index in [2.05, 4.69) is 10.6 Å². The number of halogens is 1. The van der Waals surface area contributed by atoms with Gasteiger partial charge in [0.25, 0.3) is 5.91 Å². The van der Waals surface area contributed by atoms with Crippen molar-refractivity contribution in [3.8, 4) is 0 Å². The molecule has 2 heterocycles. The summed E-state index contributed by atoms with van der Waals surface area (Å²) in [5.74, 6) is 0.406. The summed E-state index contributed by atoms with van der Waals surface area (Å²) in [6, 6.07) is 7.34. The maximum absolute atomic E-state index is 12.7. The average molecular weight is 378 g/mol. The first-order valence-corrected chi connectivity index (χ1v) is 9.56. The molecule has 1 aromatic carbocycles. The number of rotatable bonds is 3. The number of likely N-dealkylation sites (tertiary alicyclic amines) is 1. The lowest BCUT2D eigenvalue weighted by molar-refractivity contribution is -0.117. The van der Waals surface area contributed by atoms with Crippen molar-refractivity contribution in [1.82, 2.24) is 10.2 Å². The van der Waals surface area contributed by atoms with Crippen LogP contribution in [-0.2, 0) is 4.79 Å². The number of anilines is 1. The third kappa shape index (κ3) is 4.21. The fourth-order valence-electron chi connectivity index (χ4n) is 4.11. The molecule has 2 aliphatic heterocycles. The molecule has 142 valence electrons. The highest BCUT2D eigenvalue weighted by molar-refractivity contribution is 5.96. The van der Waals surface area contributed by atoms with Gasteiger partial charge in [0, 0.05) is 30.3 Å². The molecular weight excluding hydrogens is 350 g/mol. The van der Waals surface area contributed by atoms with Crippen molar-refractivity contribution >= 4 is 29.9 Å². The average Bonchev–Trinajstić information content (AvgIpc) is 3.48. The van der Waals surface area contributed by atoms with Gasteiger partial charge in [0.1, 0.15) is 0 Å². The van der Waals surface area contributed by atoms with Crippen molar-refractivity contribution in [2.45, 2.75) is 38.5 Å². The monoisotopic (exact) mass is 377 g/mol. The van der Waals surface area contributed by atoms with Crippen molar-refractivity contribution in [2.24, 2.45) is 11.3 Å². The van der Waals surface area contributed by atoms with Gasteiger partial charge in [-0.05, 0) is 81.3 Å². The second kappa shape index (κ2) is 7.97. The number of benzene rings is 1. The molecular formula is C20H28ClN3O2. The summed E-state index contributed by atoms with van der Waals surface area (Å²) in [6.45, 7) is 3.95. The Hall–Kier alpha value is -1.59. The molecule has 26 heavy (non-hydrogen) atoms. The van der Waals surface area contributed by atoms with Gasteiger partial charge in [0.05, 0.1) is 0 Å². The topological polar surface area (TPSA) is 61.4 Å². The van der Waals surface area contributed by atoms with Crippen LogP contribution < -0.4 is 10.6 Å². The van der Waals surface area contributed by atoms with E-state index in [-0.39, 0.29) is 30.1 Å². The smallest absolute Gasteiger partial charge is 0.253 e. The lowest BCUT2D eigenvalue weighted by atomic mass is 9.71. The second-order valence-corrected chi connectivity index (χ2v) is 7.88. The van der Waals surface area contributed by atoms with Crippen LogP contribution in [0.15, 0.2) is 24.3 Å². The van der Waals surface area contributed by atoms with Crippen LogP contribution in [0.1, 0.15) is 48.9 Å². The first kappa shape index (κ1) is 19.2. The van der Waals surface area contributed by atoms with Crippen molar-refractivity contribution in [3.63, 3.8) is 0 Å². The van der Waals surface area contributed by atoms with Crippen LogP contribution in [0.4, 0.5) is 5.69 Å². The van der Waals surface area contributed by atoms with Gasteiger partial charge >= 0.3 is 0 Å². The van der Waals surface area contributed by atoms with Gasteiger partial charge in [-0.1, -0.05) is 0 Å². The van der Waals surface area contributed by atoms with Gasteiger partial charge in [-0.2, -0.15) is 0 Å². The normalized spacial score (nSPS) is 21.8. The first-order valence-electron chi connectivity index (χ1n) is 9.56. The quantitative estimate of drug-likeness (QED) is 0.851. The first-order chi connectivity index (χ1) is 12.2. The van der Waals surface area contributed by atoms with Crippen molar-refractivity contribution in [3.05, 3.63) is 29.8 Å². The minimum absolute atomic E-state index is 0. The summed E-state index contributed by atoms with van der Waals surface area (Å²) in [5.41, 5.74) is 1.95. The van der Waals surface area contributed by atoms with Crippen LogP contribution in [0.25, 0.3) is 0 Å². The lowest BCUT2D eigenvalue weighted by Crippen LogP contribution is -2.47. The van der Waals surface area contributed by atoms with Crippen molar-refractivity contribution in [1.29, 1.82) is 0 Å². The highest BCUT2D eigenvalue weighted by Crippen LogP contribution is 2.39. The number of carbonyl (C=O) groups is 2. The molecule has 1 spiro atoms. The SMILES string of the molecule is Cl.O=C(Nc1ccc(C(=O)N2CCC3(CCNCC3)CC2)cc1)C1CC1. The fourth-order valence-corrected chi connectivity index (χ4v) is 4.11. The Labute approximate surface area is 161 Å². The molecule has 0 bridgehead atoms. The number of piperidine rings is 2. The van der Waals surface area contributed by atoms with Crippen LogP contribution in [0.3, 0.4) is 0 Å². The highest BCUT2D eigenvalue weighted by Gasteiger charge is 2.36. The van der Waals surface area contributed by atoms with Gasteiger partial charge < -0.3 is 15.5 Å². The van der Waals surface area contributed by atoms with E-state index in [0.29, 0.717) is 11.0 Å². The van der Waals surface area contributed by atoms with Crippen LogP contribution in [-0.4, -0.2) is 42.9 Å². The van der Waals surface area contributed by atoms with E-state index in [1.165, 1.54) is 12.8 Å². The maximum atomic E-state index is 12.7. The number of carbonyl (C=O) groups excluding carboxylic acids is 2. The summed E-state index contributed by atoms with van der Waals surface area (Å²) in [6.07, 6.45) is 6.71. The van der Waals surface area contributed by atoms with E-state index in [0.717, 1.165) is 57.5 Å². The molecule has 1 aromatic rings. The molecule has 3 aliphatic rings. The number of hydrogen-bond acceptors (Lipinski definition) is 3. The van der Waals surface area contributed by atoms with Gasteiger partial charge in [0.2, 0.25) is 5.91 Å². The Morgan fingerprint density at radius 2 is 1.62 bits per heavy atom. The van der Waals surface area contributed by atoms with Crippen molar-refractivity contribution < 1.29 is 9.59 Å². The molecule has 3 fully saturated rings. The Kier molecular flexibility index (Phi) is 5.88. The Morgan fingerprint density at radius 1 is 1.00 bits per heavy atom. The van der Waals surface area contributed by atoms with Crippen LogP contribution in [0, 0.1) is 11.3 Å². The summed E-state index contributed by atoms with van der Waals surface area (Å²) in [7, 11) is 0. The third-order valence-electron chi connectivity index (χ3n) is 6.12. The maximum Gasteiger partial charge on any atom is 0.253 e. The molecule has 0 unspecified atom stereocenters. The van der Waals surface area contributed by atoms with E-state index in [4.69, 9.17) is 0 Å². The summed E-state index contributed by atoms with van der Waals surface area (Å²) >= 11 is 0. The Bertz CT molecular complexity index is 642. The van der Waals surface area contributed by atoms with Crippen molar-refractivity contribution in [2.75, 3.05) is 31.5 Å². The molecule has 0 aromatic heterocycles. The number of amides is 2. The van der Waals surface area contributed by atoms with Gasteiger partial charge in [0.15, 0.2) is 0 Å². The van der Waals surface area contributed by atoms with Crippen LogP contribution in [0.2, 0.25) is 0 Å². The number of hydrogen-bond donors (Lipinski definition) is 2. The molecule has 4 rings (SSSR count). The predicted octanol–water partition coefficient (Wildman–Crippen LogP) is 3.06. The Balaban J connectivity index is 0.00000196. The predicted molar refractivity (Wildman–Crippen MR) is 105 cm³/mol. The van der Waals surface area contributed by atoms with Gasteiger partial charge in [-0.3, -0.25) is 9.59 Å². The third-order valence-corrected chi connectivity index (χ3v) is 6.12. The van der Waals surface area contributed by atoms with Gasteiger partial charge in [-0.15, -0.1) is 12.4 Å². The molecule has 0 atom stereocenters. The standard InChI is InChI=1S/C20H27N3O2.ClH/c24-18(15-1-2-15)22-17-5-3-16(4-6-17)19(25)23-13-9-20(10-14-23)7-11-21-12-8-20;/h3-6,15,21H,1-2,7-14H2,(H,22,24);1H. The molecule has 2 N–H and O–H groups in total. The van der Waals surface area contributed by atoms with E-state index in [1.807, 2.05) is 29.2 Å². The van der Waals surface area contributed by atoms with E-state index in [1.54, 1.807) is 0 Å². The minimum atomic E-state index is 0. The minimum Gasteiger partial charge on any atom is -0.339 e. The fraction of sp³-hybridized carbons (Fsp3) is 0.600. The molecule has 1 aliphatic carbocycles. The molecule has 2 amide bonds. The summed E-state index contributed by atoms with van der Waals surface area (Å²) < 4.78 is 0. The lowest BCUT2D eigenvalue weighted by Gasteiger charge is -2.44. The number of nitrogens with zero attached hydrogens (tertiary/aromatic N) is 1. The highest BCUT2D eigenvalue weighted by atomic mass is 35.5. The Morgan fingerprint density at radius 3 is 2.19 bits per heavy atom. The zero-order valence-electron chi connectivity index (χ0n) is 15.1. The molecule has 1 saturated carbocycles. The summed E-state index contributed by atoms with van der Waals surface area (Å²) in [5, 5.41) is 6.35. The van der Waals surface area contributed by atoms with E-state index >= 15 is 0 Å². The second-order valence-electron chi connectivity index (χ2n) is 7.88. The summed E-state index contributed by atoms with van der Waals surface area (Å²) in [4.78, 5) is 26.5. The van der Waals surface area contributed by atoms with E-state index in [9.17, 15) is 9.59 Å². The van der Waals surface area contributed by atoms with Crippen LogP contribution >= 0.6 is 12.4 Å². The van der Waals surface area contributed by atoms with Gasteiger partial charge in [-0.25, -0.2) is 0 Å². The molecule has 5 nitrogen and oxygen atoms in total. The molecule has 0 radical (unpaired) electrons. The van der Waals surface area contributed by atoms with Crippen LogP contribution in [0.5, 0.6) is 0 Å². The zero-order chi connectivity index (χ0) is 17.3. The molecule has 2 saturated heterocycles. The molecule has 6 heteroatoms. The van der Waals surface area contributed by atoms with E-state index < -0.39 is 0 Å².